The number of nitrogens with one attached hydrogen (secondary N) is 1. The number of benzene rings is 2. The number of hydrogen-bond acceptors (Lipinski definition) is 2. The molecule has 0 spiro atoms. The van der Waals surface area contributed by atoms with Crippen LogP contribution in [-0.2, 0) is 0 Å². The van der Waals surface area contributed by atoms with Gasteiger partial charge in [0.05, 0.1) is 11.7 Å². The molecule has 1 N–H and O–H groups in total. The van der Waals surface area contributed by atoms with Gasteiger partial charge in [0.2, 0.25) is 0 Å². The number of carbonyl (C=O) groups is 1. The lowest BCUT2D eigenvalue weighted by atomic mass is 9.96. The minimum absolute atomic E-state index is 0.000652. The molecule has 1 aromatic heterocycles. The molecule has 0 saturated heterocycles. The first-order valence-electron chi connectivity index (χ1n) is 9.41. The Morgan fingerprint density at radius 3 is 2.56 bits per heavy atom. The van der Waals surface area contributed by atoms with E-state index in [1.807, 2.05) is 59.5 Å². The van der Waals surface area contributed by atoms with Gasteiger partial charge in [-0.2, -0.15) is 5.10 Å². The van der Waals surface area contributed by atoms with Crippen LogP contribution in [0.5, 0.6) is 0 Å². The van der Waals surface area contributed by atoms with Crippen LogP contribution in [-0.4, -0.2) is 27.5 Å². The number of hydrogen-bond donors (Lipinski definition) is 1. The quantitative estimate of drug-likeness (QED) is 0.577. The fourth-order valence-electron chi connectivity index (χ4n) is 3.80. The summed E-state index contributed by atoms with van der Waals surface area (Å²) >= 11 is 6.54. The van der Waals surface area contributed by atoms with Crippen molar-refractivity contribution in [3.8, 4) is 11.3 Å². The van der Waals surface area contributed by atoms with E-state index < -0.39 is 0 Å². The van der Waals surface area contributed by atoms with Gasteiger partial charge < -0.3 is 4.90 Å². The summed E-state index contributed by atoms with van der Waals surface area (Å²) in [4.78, 5) is 15.1. The maximum Gasteiger partial charge on any atom is 0.273 e. The van der Waals surface area contributed by atoms with Crippen LogP contribution in [0.1, 0.15) is 53.8 Å². The maximum atomic E-state index is 13.1. The predicted octanol–water partition coefficient (Wildman–Crippen LogP) is 5.47. The zero-order chi connectivity index (χ0) is 18.8. The van der Waals surface area contributed by atoms with Gasteiger partial charge in [0, 0.05) is 22.7 Å². The van der Waals surface area contributed by atoms with Gasteiger partial charge in [-0.15, -0.1) is 0 Å². The summed E-state index contributed by atoms with van der Waals surface area (Å²) in [6.07, 6.45) is 3.18. The fourth-order valence-corrected chi connectivity index (χ4v) is 4.03. The molecule has 0 saturated carbocycles. The largest absolute Gasteiger partial charge is 0.326 e. The number of nitrogens with zero attached hydrogens (tertiary/aromatic N) is 2. The highest BCUT2D eigenvalue weighted by molar-refractivity contribution is 6.31. The topological polar surface area (TPSA) is 49.0 Å². The normalized spacial score (nSPS) is 16.0. The standard InChI is InChI=1S/C22H22ClN3O/c1-2-3-9-14-26-21(16-12-7-8-13-17(16)23)18-19(15-10-5-4-6-11-15)24-25-20(18)22(26)27/h4-8,10-13,21H,2-3,9,14H2,1H3,(H,24,25). The van der Waals surface area contributed by atoms with Gasteiger partial charge >= 0.3 is 0 Å². The molecule has 2 aromatic carbocycles. The monoisotopic (exact) mass is 379 g/mol. The summed E-state index contributed by atoms with van der Waals surface area (Å²) in [6.45, 7) is 2.87. The molecule has 0 bridgehead atoms. The molecule has 3 aromatic rings. The van der Waals surface area contributed by atoms with Crippen molar-refractivity contribution in [2.45, 2.75) is 32.2 Å². The molecule has 27 heavy (non-hydrogen) atoms. The number of aromatic nitrogens is 2. The second-order valence-corrected chi connectivity index (χ2v) is 7.26. The average molecular weight is 380 g/mol. The Labute approximate surface area is 164 Å². The van der Waals surface area contributed by atoms with Crippen molar-refractivity contribution < 1.29 is 4.79 Å². The van der Waals surface area contributed by atoms with E-state index in [0.29, 0.717) is 17.3 Å². The fraction of sp³-hybridized carbons (Fsp3) is 0.273. The molecular weight excluding hydrogens is 358 g/mol. The van der Waals surface area contributed by atoms with Gasteiger partial charge in [0.1, 0.15) is 5.69 Å². The van der Waals surface area contributed by atoms with Crippen LogP contribution >= 0.6 is 11.6 Å². The minimum Gasteiger partial charge on any atom is -0.326 e. The first-order valence-corrected chi connectivity index (χ1v) is 9.79. The molecule has 1 amide bonds. The van der Waals surface area contributed by atoms with Crippen molar-refractivity contribution in [1.82, 2.24) is 15.1 Å². The lowest BCUT2D eigenvalue weighted by molar-refractivity contribution is 0.0740. The molecule has 1 atom stereocenters. The lowest BCUT2D eigenvalue weighted by Crippen LogP contribution is -2.30. The number of rotatable bonds is 6. The lowest BCUT2D eigenvalue weighted by Gasteiger charge is -2.27. The van der Waals surface area contributed by atoms with Crippen molar-refractivity contribution in [3.63, 3.8) is 0 Å². The highest BCUT2D eigenvalue weighted by Crippen LogP contribution is 2.44. The number of aromatic amines is 1. The molecule has 138 valence electrons. The third kappa shape index (κ3) is 3.15. The zero-order valence-corrected chi connectivity index (χ0v) is 16.0. The highest BCUT2D eigenvalue weighted by atomic mass is 35.5. The van der Waals surface area contributed by atoms with Crippen molar-refractivity contribution in [3.05, 3.63) is 76.4 Å². The molecule has 1 unspecified atom stereocenters. The molecule has 1 aliphatic rings. The number of fused-ring (bicyclic) bond motifs is 1. The van der Waals surface area contributed by atoms with E-state index in [4.69, 9.17) is 11.6 Å². The van der Waals surface area contributed by atoms with Crippen molar-refractivity contribution in [2.24, 2.45) is 0 Å². The number of unbranched alkanes of at least 4 members (excludes halogenated alkanes) is 2. The van der Waals surface area contributed by atoms with Gasteiger partial charge in [-0.25, -0.2) is 0 Å². The van der Waals surface area contributed by atoms with Crippen LogP contribution in [0.25, 0.3) is 11.3 Å². The second-order valence-electron chi connectivity index (χ2n) is 6.86. The summed E-state index contributed by atoms with van der Waals surface area (Å²) in [6, 6.07) is 17.5. The van der Waals surface area contributed by atoms with Gasteiger partial charge in [-0.05, 0) is 18.1 Å². The minimum atomic E-state index is -0.216. The van der Waals surface area contributed by atoms with Crippen molar-refractivity contribution in [2.75, 3.05) is 6.54 Å². The summed E-state index contributed by atoms with van der Waals surface area (Å²) in [5, 5.41) is 8.14. The molecule has 5 heteroatoms. The average Bonchev–Trinajstić information content (AvgIpc) is 3.23. The van der Waals surface area contributed by atoms with Crippen LogP contribution in [0.3, 0.4) is 0 Å². The Kier molecular flexibility index (Phi) is 4.99. The van der Waals surface area contributed by atoms with E-state index in [1.54, 1.807) is 0 Å². The van der Waals surface area contributed by atoms with Crippen LogP contribution < -0.4 is 0 Å². The van der Waals surface area contributed by atoms with E-state index in [9.17, 15) is 4.79 Å². The Hall–Kier alpha value is -2.59. The Morgan fingerprint density at radius 2 is 1.81 bits per heavy atom. The molecular formula is C22H22ClN3O. The van der Waals surface area contributed by atoms with Gasteiger partial charge in [0.15, 0.2) is 0 Å². The molecule has 1 aliphatic heterocycles. The van der Waals surface area contributed by atoms with Crippen LogP contribution in [0.15, 0.2) is 54.6 Å². The molecule has 4 nitrogen and oxygen atoms in total. The maximum absolute atomic E-state index is 13.1. The molecule has 0 radical (unpaired) electrons. The SMILES string of the molecule is CCCCCN1C(=O)c2[nH]nc(-c3ccccc3)c2C1c1ccccc1Cl. The summed E-state index contributed by atoms with van der Waals surface area (Å²) in [5.74, 6) is 0.000652. The third-order valence-corrected chi connectivity index (χ3v) is 5.46. The molecule has 4 rings (SSSR count). The number of amides is 1. The number of carbonyl (C=O) groups excluding carboxylic acids is 1. The van der Waals surface area contributed by atoms with Gasteiger partial charge in [-0.1, -0.05) is 79.9 Å². The van der Waals surface area contributed by atoms with Crippen LogP contribution in [0.4, 0.5) is 0 Å². The van der Waals surface area contributed by atoms with Crippen molar-refractivity contribution in [1.29, 1.82) is 0 Å². The van der Waals surface area contributed by atoms with Gasteiger partial charge in [0.25, 0.3) is 5.91 Å². The second kappa shape index (κ2) is 7.57. The summed E-state index contributed by atoms with van der Waals surface area (Å²) < 4.78 is 0. The predicted molar refractivity (Wildman–Crippen MR) is 108 cm³/mol. The Morgan fingerprint density at radius 1 is 1.07 bits per heavy atom. The van der Waals surface area contributed by atoms with Gasteiger partial charge in [-0.3, -0.25) is 9.89 Å². The zero-order valence-electron chi connectivity index (χ0n) is 15.3. The van der Waals surface area contributed by atoms with Crippen LogP contribution in [0, 0.1) is 0 Å². The van der Waals surface area contributed by atoms with Crippen molar-refractivity contribution >= 4 is 17.5 Å². The first kappa shape index (κ1) is 17.8. The Bertz CT molecular complexity index is 951. The molecule has 0 fully saturated rings. The smallest absolute Gasteiger partial charge is 0.273 e. The highest BCUT2D eigenvalue weighted by Gasteiger charge is 2.42. The number of H-pyrrole nitrogens is 1. The van der Waals surface area contributed by atoms with E-state index in [-0.39, 0.29) is 11.9 Å². The third-order valence-electron chi connectivity index (χ3n) is 5.11. The Balaban J connectivity index is 1.84. The summed E-state index contributed by atoms with van der Waals surface area (Å²) in [5.41, 5.74) is 4.27. The van der Waals surface area contributed by atoms with E-state index in [2.05, 4.69) is 17.1 Å². The van der Waals surface area contributed by atoms with E-state index >= 15 is 0 Å². The number of halogens is 1. The van der Waals surface area contributed by atoms with Crippen LogP contribution in [0.2, 0.25) is 5.02 Å². The summed E-state index contributed by atoms with van der Waals surface area (Å²) in [7, 11) is 0. The first-order chi connectivity index (χ1) is 13.2. The van der Waals surface area contributed by atoms with E-state index in [0.717, 1.165) is 41.6 Å². The molecule has 2 heterocycles. The molecule has 0 aliphatic carbocycles. The van der Waals surface area contributed by atoms with E-state index in [1.165, 1.54) is 0 Å².